The van der Waals surface area contributed by atoms with Crippen LogP contribution < -0.4 is 9.64 Å². The van der Waals surface area contributed by atoms with E-state index in [0.29, 0.717) is 12.3 Å². The van der Waals surface area contributed by atoms with Crippen molar-refractivity contribution in [2.24, 2.45) is 0 Å². The van der Waals surface area contributed by atoms with Crippen LogP contribution in [0, 0.1) is 11.5 Å². The Morgan fingerprint density at radius 3 is 2.53 bits per heavy atom. The predicted molar refractivity (Wildman–Crippen MR) is 69.6 cm³/mol. The predicted octanol–water partition coefficient (Wildman–Crippen LogP) is 2.71. The summed E-state index contributed by atoms with van der Waals surface area (Å²) in [7, 11) is 0. The van der Waals surface area contributed by atoms with Crippen molar-refractivity contribution in [1.29, 1.82) is 5.26 Å². The van der Waals surface area contributed by atoms with E-state index in [4.69, 9.17) is 10.00 Å². The molecule has 1 aliphatic heterocycles. The van der Waals surface area contributed by atoms with Gasteiger partial charge in [-0.25, -0.2) is 0 Å². The van der Waals surface area contributed by atoms with Crippen molar-refractivity contribution < 1.29 is 9.53 Å². The summed E-state index contributed by atoms with van der Waals surface area (Å²) in [5, 5.41) is 8.42. The normalized spacial score (nSPS) is 13.0. The lowest BCUT2D eigenvalue weighted by molar-refractivity contribution is 0.0996. The minimum absolute atomic E-state index is 0.00421. The fourth-order valence-electron chi connectivity index (χ4n) is 2.21. The third kappa shape index (κ3) is 1.91. The summed E-state index contributed by atoms with van der Waals surface area (Å²) in [6.07, 6.45) is 1.62. The van der Waals surface area contributed by atoms with Gasteiger partial charge >= 0.3 is 0 Å². The van der Waals surface area contributed by atoms with Gasteiger partial charge in [0.15, 0.2) is 0 Å². The van der Waals surface area contributed by atoms with Gasteiger partial charge < -0.3 is 9.64 Å². The van der Waals surface area contributed by atoms with Crippen LogP contribution in [0.3, 0.4) is 0 Å². The van der Waals surface area contributed by atoms with Crippen molar-refractivity contribution in [3.63, 3.8) is 0 Å². The molecule has 0 aliphatic carbocycles. The van der Waals surface area contributed by atoms with Crippen molar-refractivity contribution in [1.82, 2.24) is 0 Å². The molecule has 1 amide bonds. The number of hydrogen-bond acceptors (Lipinski definition) is 3. The number of carbonyl (C=O) groups excluding carboxylic acids is 1. The molecule has 0 spiro atoms. The van der Waals surface area contributed by atoms with Crippen LogP contribution in [-0.2, 0) is 6.54 Å². The molecule has 0 saturated heterocycles. The maximum absolute atomic E-state index is 12.3. The first-order chi connectivity index (χ1) is 9.29. The molecule has 92 valence electrons. The molecule has 0 fully saturated rings. The standard InChI is InChI=1S/C15H10N2O2/c16-10-19-13-7-5-12(6-8-13)17-9-11-3-1-2-4-14(11)15(17)18/h1-8H,9H2. The third-order valence-electron chi connectivity index (χ3n) is 3.13. The number of benzene rings is 2. The lowest BCUT2D eigenvalue weighted by atomic mass is 10.1. The number of hydrogen-bond donors (Lipinski definition) is 0. The Hall–Kier alpha value is -2.80. The van der Waals surface area contributed by atoms with Gasteiger partial charge in [-0.3, -0.25) is 4.79 Å². The lowest BCUT2D eigenvalue weighted by Gasteiger charge is -2.15. The molecule has 0 N–H and O–H groups in total. The Labute approximate surface area is 110 Å². The van der Waals surface area contributed by atoms with Gasteiger partial charge in [-0.2, -0.15) is 0 Å². The zero-order chi connectivity index (χ0) is 13.2. The number of nitrogens with zero attached hydrogens (tertiary/aromatic N) is 2. The van der Waals surface area contributed by atoms with Gasteiger partial charge in [0.05, 0.1) is 6.54 Å². The number of amides is 1. The van der Waals surface area contributed by atoms with Crippen LogP contribution in [0.25, 0.3) is 0 Å². The molecule has 4 heteroatoms. The largest absolute Gasteiger partial charge is 0.388 e. The molecule has 2 aromatic rings. The number of ether oxygens (including phenoxy) is 1. The molecule has 19 heavy (non-hydrogen) atoms. The Balaban J connectivity index is 1.89. The summed E-state index contributed by atoms with van der Waals surface area (Å²) < 4.78 is 4.71. The highest BCUT2D eigenvalue weighted by molar-refractivity contribution is 6.09. The average molecular weight is 250 g/mol. The lowest BCUT2D eigenvalue weighted by Crippen LogP contribution is -2.22. The molecule has 0 unspecified atom stereocenters. The molecule has 1 heterocycles. The Morgan fingerprint density at radius 1 is 1.11 bits per heavy atom. The van der Waals surface area contributed by atoms with Crippen LogP contribution in [0.4, 0.5) is 5.69 Å². The highest BCUT2D eigenvalue weighted by Crippen LogP contribution is 2.29. The zero-order valence-corrected chi connectivity index (χ0v) is 10.0. The van der Waals surface area contributed by atoms with Gasteiger partial charge in [-0.1, -0.05) is 18.2 Å². The zero-order valence-electron chi connectivity index (χ0n) is 10.0. The number of anilines is 1. The smallest absolute Gasteiger partial charge is 0.292 e. The van der Waals surface area contributed by atoms with E-state index in [1.165, 1.54) is 0 Å². The number of nitriles is 1. The Kier molecular flexibility index (Phi) is 2.66. The molecule has 0 aromatic heterocycles. The first-order valence-electron chi connectivity index (χ1n) is 5.85. The van der Waals surface area contributed by atoms with Gasteiger partial charge in [0.1, 0.15) is 5.75 Å². The first-order valence-corrected chi connectivity index (χ1v) is 5.85. The van der Waals surface area contributed by atoms with Crippen LogP contribution in [0.1, 0.15) is 15.9 Å². The second kappa shape index (κ2) is 4.46. The highest BCUT2D eigenvalue weighted by Gasteiger charge is 2.27. The first kappa shape index (κ1) is 11.3. The van der Waals surface area contributed by atoms with E-state index < -0.39 is 0 Å². The van der Waals surface area contributed by atoms with Crippen molar-refractivity contribution in [3.05, 3.63) is 59.7 Å². The Morgan fingerprint density at radius 2 is 1.84 bits per heavy atom. The maximum Gasteiger partial charge on any atom is 0.292 e. The molecule has 4 nitrogen and oxygen atoms in total. The van der Waals surface area contributed by atoms with Crippen molar-refractivity contribution in [2.75, 3.05) is 4.90 Å². The molecule has 0 bridgehead atoms. The van der Waals surface area contributed by atoms with Crippen molar-refractivity contribution in [2.45, 2.75) is 6.54 Å². The van der Waals surface area contributed by atoms with E-state index in [-0.39, 0.29) is 5.91 Å². The molecular weight excluding hydrogens is 240 g/mol. The average Bonchev–Trinajstić information content (AvgIpc) is 2.78. The second-order valence-corrected chi connectivity index (χ2v) is 4.24. The van der Waals surface area contributed by atoms with Crippen LogP contribution >= 0.6 is 0 Å². The molecule has 3 rings (SSSR count). The number of fused-ring (bicyclic) bond motifs is 1. The summed E-state index contributed by atoms with van der Waals surface area (Å²) in [6.45, 7) is 0.577. The van der Waals surface area contributed by atoms with Crippen LogP contribution in [0.5, 0.6) is 5.75 Å². The summed E-state index contributed by atoms with van der Waals surface area (Å²) in [4.78, 5) is 14.0. The number of rotatable bonds is 2. The second-order valence-electron chi connectivity index (χ2n) is 4.24. The Bertz CT molecular complexity index is 671. The van der Waals surface area contributed by atoms with E-state index in [9.17, 15) is 4.79 Å². The molecular formula is C15H10N2O2. The van der Waals surface area contributed by atoms with Gasteiger partial charge in [0.25, 0.3) is 12.2 Å². The molecule has 0 radical (unpaired) electrons. The summed E-state index contributed by atoms with van der Waals surface area (Å²) in [6, 6.07) is 14.5. The summed E-state index contributed by atoms with van der Waals surface area (Å²) in [5.74, 6) is 0.472. The van der Waals surface area contributed by atoms with Crippen molar-refractivity contribution in [3.8, 4) is 12.0 Å². The summed E-state index contributed by atoms with van der Waals surface area (Å²) in [5.41, 5.74) is 2.58. The minimum atomic E-state index is 0.00421. The molecule has 1 aliphatic rings. The molecule has 0 saturated carbocycles. The van der Waals surface area contributed by atoms with Crippen molar-refractivity contribution >= 4 is 11.6 Å². The van der Waals surface area contributed by atoms with Crippen LogP contribution in [0.2, 0.25) is 0 Å². The highest BCUT2D eigenvalue weighted by atomic mass is 16.5. The van der Waals surface area contributed by atoms with E-state index in [2.05, 4.69) is 0 Å². The topological polar surface area (TPSA) is 53.3 Å². The van der Waals surface area contributed by atoms with E-state index >= 15 is 0 Å². The third-order valence-corrected chi connectivity index (χ3v) is 3.13. The monoisotopic (exact) mass is 250 g/mol. The minimum Gasteiger partial charge on any atom is -0.388 e. The van der Waals surface area contributed by atoms with Gasteiger partial charge in [0, 0.05) is 11.3 Å². The maximum atomic E-state index is 12.3. The molecule has 0 atom stereocenters. The fourth-order valence-corrected chi connectivity index (χ4v) is 2.21. The number of carbonyl (C=O) groups is 1. The van der Waals surface area contributed by atoms with E-state index in [1.807, 2.05) is 24.3 Å². The van der Waals surface area contributed by atoms with Gasteiger partial charge in [-0.05, 0) is 35.9 Å². The van der Waals surface area contributed by atoms with E-state index in [0.717, 1.165) is 16.8 Å². The van der Waals surface area contributed by atoms with Crippen LogP contribution in [0.15, 0.2) is 48.5 Å². The van der Waals surface area contributed by atoms with Gasteiger partial charge in [-0.15, -0.1) is 5.26 Å². The molecule has 2 aromatic carbocycles. The fraction of sp³-hybridized carbons (Fsp3) is 0.0667. The van der Waals surface area contributed by atoms with Crippen LogP contribution in [-0.4, -0.2) is 5.91 Å². The SMILES string of the molecule is N#COc1ccc(N2Cc3ccccc3C2=O)cc1. The summed E-state index contributed by atoms with van der Waals surface area (Å²) >= 11 is 0. The van der Waals surface area contributed by atoms with Gasteiger partial charge in [0.2, 0.25) is 0 Å². The van der Waals surface area contributed by atoms with E-state index in [1.54, 1.807) is 35.4 Å². The quantitative estimate of drug-likeness (QED) is 0.770.